The number of hydrogen-bond acceptors (Lipinski definition) is 3. The van der Waals surface area contributed by atoms with Crippen molar-refractivity contribution in [3.05, 3.63) is 0 Å². The number of nitrogens with one attached hydrogen (secondary N) is 2. The largest absolute Gasteiger partial charge is 0.481 e. The molecule has 4 atom stereocenters. The Balaban J connectivity index is 1.94. The zero-order chi connectivity index (χ0) is 14.5. The van der Waals surface area contributed by atoms with E-state index in [1.807, 2.05) is 0 Å². The van der Waals surface area contributed by atoms with Crippen LogP contribution >= 0.6 is 0 Å². The highest BCUT2D eigenvalue weighted by atomic mass is 16.4. The summed E-state index contributed by atoms with van der Waals surface area (Å²) in [5.74, 6) is -0.671. The molecule has 1 aliphatic carbocycles. The molecule has 0 spiro atoms. The lowest BCUT2D eigenvalue weighted by Gasteiger charge is -2.30. The first-order valence-corrected chi connectivity index (χ1v) is 7.84. The van der Waals surface area contributed by atoms with Gasteiger partial charge in [0.1, 0.15) is 0 Å². The summed E-state index contributed by atoms with van der Waals surface area (Å²) in [7, 11) is 0. The Morgan fingerprint density at radius 1 is 1.15 bits per heavy atom. The molecule has 2 rings (SSSR count). The monoisotopic (exact) mass is 282 g/mol. The molecule has 1 heterocycles. The van der Waals surface area contributed by atoms with Gasteiger partial charge < -0.3 is 15.7 Å². The van der Waals surface area contributed by atoms with Crippen LogP contribution in [0.5, 0.6) is 0 Å². The summed E-state index contributed by atoms with van der Waals surface area (Å²) in [6.45, 7) is 3.03. The van der Waals surface area contributed by atoms with Crippen LogP contribution in [0.2, 0.25) is 0 Å². The second-order valence-corrected chi connectivity index (χ2v) is 6.33. The molecule has 0 aromatic heterocycles. The van der Waals surface area contributed by atoms with E-state index in [4.69, 9.17) is 0 Å². The molecule has 4 unspecified atom stereocenters. The van der Waals surface area contributed by atoms with Crippen molar-refractivity contribution in [1.82, 2.24) is 10.6 Å². The molecule has 20 heavy (non-hydrogen) atoms. The lowest BCUT2D eigenvalue weighted by molar-refractivity contribution is -0.143. The summed E-state index contributed by atoms with van der Waals surface area (Å²) >= 11 is 0. The molecule has 2 fully saturated rings. The molecule has 1 saturated heterocycles. The zero-order valence-electron chi connectivity index (χ0n) is 12.2. The average molecular weight is 282 g/mol. The molecule has 0 aromatic rings. The van der Waals surface area contributed by atoms with Crippen molar-refractivity contribution < 1.29 is 14.7 Å². The topological polar surface area (TPSA) is 78.4 Å². The number of piperidine rings is 1. The fourth-order valence-electron chi connectivity index (χ4n) is 3.37. The van der Waals surface area contributed by atoms with Crippen LogP contribution in [0.25, 0.3) is 0 Å². The normalized spacial score (nSPS) is 35.0. The van der Waals surface area contributed by atoms with Gasteiger partial charge in [0.15, 0.2) is 0 Å². The highest BCUT2D eigenvalue weighted by Crippen LogP contribution is 2.24. The number of amides is 1. The first-order chi connectivity index (χ1) is 9.58. The molecule has 2 aliphatic rings. The van der Waals surface area contributed by atoms with Gasteiger partial charge in [-0.25, -0.2) is 0 Å². The van der Waals surface area contributed by atoms with Gasteiger partial charge in [-0.2, -0.15) is 0 Å². The Labute approximate surface area is 120 Å². The molecule has 1 saturated carbocycles. The van der Waals surface area contributed by atoms with Crippen LogP contribution in [-0.4, -0.2) is 35.6 Å². The van der Waals surface area contributed by atoms with Gasteiger partial charge in [0.2, 0.25) is 5.91 Å². The molecule has 1 aliphatic heterocycles. The molecule has 5 heteroatoms. The molecular weight excluding hydrogens is 256 g/mol. The minimum atomic E-state index is -0.776. The van der Waals surface area contributed by atoms with Crippen LogP contribution in [0, 0.1) is 11.8 Å². The van der Waals surface area contributed by atoms with Gasteiger partial charge >= 0.3 is 5.97 Å². The highest BCUT2D eigenvalue weighted by Gasteiger charge is 2.33. The quantitative estimate of drug-likeness (QED) is 0.686. The third-order valence-corrected chi connectivity index (χ3v) is 4.64. The van der Waals surface area contributed by atoms with Crippen molar-refractivity contribution >= 4 is 11.9 Å². The molecular formula is C15H26N2O3. The lowest BCUT2D eigenvalue weighted by atomic mass is 9.92. The fraction of sp³-hybridized carbons (Fsp3) is 0.867. The second kappa shape index (κ2) is 7.07. The lowest BCUT2D eigenvalue weighted by Crippen LogP contribution is -2.53. The third kappa shape index (κ3) is 3.95. The van der Waals surface area contributed by atoms with Crippen LogP contribution in [0.3, 0.4) is 0 Å². The van der Waals surface area contributed by atoms with Gasteiger partial charge in [-0.15, -0.1) is 0 Å². The van der Waals surface area contributed by atoms with Crippen molar-refractivity contribution in [2.45, 2.75) is 64.0 Å². The van der Waals surface area contributed by atoms with Gasteiger partial charge in [0.25, 0.3) is 0 Å². The van der Waals surface area contributed by atoms with Crippen molar-refractivity contribution in [1.29, 1.82) is 0 Å². The predicted octanol–water partition coefficient (Wildman–Crippen LogP) is 1.52. The molecule has 5 nitrogen and oxygen atoms in total. The fourth-order valence-corrected chi connectivity index (χ4v) is 3.37. The Morgan fingerprint density at radius 3 is 2.60 bits per heavy atom. The van der Waals surface area contributed by atoms with E-state index in [1.165, 1.54) is 0 Å². The van der Waals surface area contributed by atoms with Crippen molar-refractivity contribution in [3.8, 4) is 0 Å². The zero-order valence-corrected chi connectivity index (χ0v) is 12.2. The minimum absolute atomic E-state index is 0.0188. The molecule has 1 amide bonds. The Morgan fingerprint density at radius 2 is 1.90 bits per heavy atom. The second-order valence-electron chi connectivity index (χ2n) is 6.33. The maximum absolute atomic E-state index is 12.3. The summed E-state index contributed by atoms with van der Waals surface area (Å²) in [6.07, 6.45) is 6.42. The van der Waals surface area contributed by atoms with Crippen LogP contribution in [0.15, 0.2) is 0 Å². The van der Waals surface area contributed by atoms with E-state index in [1.54, 1.807) is 0 Å². The van der Waals surface area contributed by atoms with Gasteiger partial charge in [-0.3, -0.25) is 9.59 Å². The molecule has 0 radical (unpaired) electrons. The number of carboxylic acid groups (broad SMARTS) is 1. The SMILES string of the molecule is CC1CCNC(C(=O)NC2CCCCCC2C(=O)O)C1. The summed E-state index contributed by atoms with van der Waals surface area (Å²) in [4.78, 5) is 23.7. The summed E-state index contributed by atoms with van der Waals surface area (Å²) < 4.78 is 0. The highest BCUT2D eigenvalue weighted by molar-refractivity contribution is 5.83. The Bertz CT molecular complexity index is 359. The number of hydrogen-bond donors (Lipinski definition) is 3. The van der Waals surface area contributed by atoms with Crippen molar-refractivity contribution in [3.63, 3.8) is 0 Å². The van der Waals surface area contributed by atoms with E-state index in [0.717, 1.165) is 45.1 Å². The van der Waals surface area contributed by atoms with Gasteiger partial charge in [0, 0.05) is 6.04 Å². The predicted molar refractivity (Wildman–Crippen MR) is 76.3 cm³/mol. The average Bonchev–Trinajstić information content (AvgIpc) is 2.64. The van der Waals surface area contributed by atoms with Crippen LogP contribution in [-0.2, 0) is 9.59 Å². The van der Waals surface area contributed by atoms with Crippen molar-refractivity contribution in [2.75, 3.05) is 6.54 Å². The first-order valence-electron chi connectivity index (χ1n) is 7.84. The summed E-state index contributed by atoms with van der Waals surface area (Å²) in [6, 6.07) is -0.363. The number of aliphatic carboxylic acids is 1. The van der Waals surface area contributed by atoms with Crippen LogP contribution in [0.4, 0.5) is 0 Å². The van der Waals surface area contributed by atoms with E-state index >= 15 is 0 Å². The first kappa shape index (κ1) is 15.3. The number of carboxylic acids is 1. The number of rotatable bonds is 3. The molecule has 0 aromatic carbocycles. The standard InChI is InChI=1S/C15H26N2O3/c1-10-7-8-16-13(9-10)14(18)17-12-6-4-2-3-5-11(12)15(19)20/h10-13,16H,2-9H2,1H3,(H,17,18)(H,19,20). The minimum Gasteiger partial charge on any atom is -0.481 e. The molecule has 114 valence electrons. The smallest absolute Gasteiger partial charge is 0.308 e. The third-order valence-electron chi connectivity index (χ3n) is 4.64. The van der Waals surface area contributed by atoms with Gasteiger partial charge in [0.05, 0.1) is 12.0 Å². The van der Waals surface area contributed by atoms with E-state index in [2.05, 4.69) is 17.6 Å². The Kier molecular flexibility index (Phi) is 5.40. The number of carbonyl (C=O) groups is 2. The maximum Gasteiger partial charge on any atom is 0.308 e. The van der Waals surface area contributed by atoms with Crippen LogP contribution in [0.1, 0.15) is 51.9 Å². The van der Waals surface area contributed by atoms with Crippen LogP contribution < -0.4 is 10.6 Å². The molecule has 0 bridgehead atoms. The van der Waals surface area contributed by atoms with E-state index in [9.17, 15) is 14.7 Å². The maximum atomic E-state index is 12.3. The number of carbonyl (C=O) groups excluding carboxylic acids is 1. The summed E-state index contributed by atoms with van der Waals surface area (Å²) in [5, 5.41) is 15.6. The van der Waals surface area contributed by atoms with Gasteiger partial charge in [-0.1, -0.05) is 26.2 Å². The molecule has 3 N–H and O–H groups in total. The Hall–Kier alpha value is -1.10. The van der Waals surface area contributed by atoms with E-state index in [-0.39, 0.29) is 18.0 Å². The summed E-state index contributed by atoms with van der Waals surface area (Å²) in [5.41, 5.74) is 0. The van der Waals surface area contributed by atoms with E-state index in [0.29, 0.717) is 12.3 Å². The van der Waals surface area contributed by atoms with Gasteiger partial charge in [-0.05, 0) is 38.1 Å². The van der Waals surface area contributed by atoms with E-state index < -0.39 is 11.9 Å². The van der Waals surface area contributed by atoms with Crippen molar-refractivity contribution in [2.24, 2.45) is 11.8 Å².